The van der Waals surface area contributed by atoms with Crippen molar-refractivity contribution in [1.82, 2.24) is 10.8 Å². The fourth-order valence-electron chi connectivity index (χ4n) is 2.87. The van der Waals surface area contributed by atoms with Crippen LogP contribution < -0.4 is 16.5 Å². The summed E-state index contributed by atoms with van der Waals surface area (Å²) >= 11 is 0. The summed E-state index contributed by atoms with van der Waals surface area (Å²) in [5.74, 6) is 4.60. The van der Waals surface area contributed by atoms with Crippen LogP contribution in [0.1, 0.15) is 42.6 Å². The fraction of sp³-hybridized carbons (Fsp3) is 0.474. The summed E-state index contributed by atoms with van der Waals surface area (Å²) in [7, 11) is 0. The van der Waals surface area contributed by atoms with Crippen molar-refractivity contribution in [3.05, 3.63) is 35.4 Å². The number of nitrogens with two attached hydrogens (primary N) is 1. The topological polar surface area (TPSA) is 145 Å². The van der Waals surface area contributed by atoms with Crippen molar-refractivity contribution in [2.75, 3.05) is 0 Å². The second kappa shape index (κ2) is 8.50. The van der Waals surface area contributed by atoms with Gasteiger partial charge < -0.3 is 21.3 Å². The number of hydroxylamine groups is 1. The van der Waals surface area contributed by atoms with Gasteiger partial charge in [0.15, 0.2) is 0 Å². The first kappa shape index (κ1) is 20.9. The normalized spacial score (nSPS) is 23.1. The predicted molar refractivity (Wildman–Crippen MR) is 97.5 cm³/mol. The lowest BCUT2D eigenvalue weighted by Crippen LogP contribution is -2.61. The Morgan fingerprint density at radius 2 is 1.74 bits per heavy atom. The van der Waals surface area contributed by atoms with Crippen LogP contribution in [0, 0.1) is 17.8 Å². The van der Waals surface area contributed by atoms with Crippen LogP contribution in [-0.2, 0) is 4.79 Å². The number of benzene rings is 1. The van der Waals surface area contributed by atoms with Crippen molar-refractivity contribution >= 4 is 11.8 Å². The molecule has 1 aliphatic carbocycles. The monoisotopic (exact) mass is 375 g/mol. The molecule has 1 fully saturated rings. The molecule has 0 aromatic heterocycles. The molecule has 146 valence electrons. The van der Waals surface area contributed by atoms with Gasteiger partial charge in [-0.05, 0) is 51.0 Å². The zero-order chi connectivity index (χ0) is 20.2. The molecule has 0 heterocycles. The Hall–Kier alpha value is -2.44. The number of hydrogen-bond donors (Lipinski definition) is 6. The molecule has 8 nitrogen and oxygen atoms in total. The molecule has 0 spiro atoms. The van der Waals surface area contributed by atoms with Gasteiger partial charge in [-0.3, -0.25) is 14.8 Å². The Balaban J connectivity index is 2.04. The van der Waals surface area contributed by atoms with E-state index in [1.54, 1.807) is 38.1 Å². The van der Waals surface area contributed by atoms with E-state index in [1.165, 1.54) is 5.48 Å². The predicted octanol–water partition coefficient (Wildman–Crippen LogP) is -0.489. The van der Waals surface area contributed by atoms with E-state index in [9.17, 15) is 19.8 Å². The van der Waals surface area contributed by atoms with E-state index in [0.717, 1.165) is 0 Å². The first-order chi connectivity index (χ1) is 12.6. The number of hydrogen-bond acceptors (Lipinski definition) is 6. The molecule has 1 aromatic rings. The third kappa shape index (κ3) is 5.52. The molecular formula is C19H25N3O5. The molecule has 7 N–H and O–H groups in total. The van der Waals surface area contributed by atoms with Crippen LogP contribution in [0.5, 0.6) is 0 Å². The Morgan fingerprint density at radius 3 is 2.22 bits per heavy atom. The molecule has 0 bridgehead atoms. The molecule has 27 heavy (non-hydrogen) atoms. The van der Waals surface area contributed by atoms with Gasteiger partial charge in [-0.25, -0.2) is 5.48 Å². The molecule has 2 amide bonds. The maximum Gasteiger partial charge on any atom is 0.267 e. The number of amides is 2. The fourth-order valence-corrected chi connectivity index (χ4v) is 2.87. The first-order valence-corrected chi connectivity index (χ1v) is 8.63. The van der Waals surface area contributed by atoms with Gasteiger partial charge in [0.25, 0.3) is 11.8 Å². The summed E-state index contributed by atoms with van der Waals surface area (Å²) in [4.78, 5) is 24.1. The molecule has 1 aromatic carbocycles. The summed E-state index contributed by atoms with van der Waals surface area (Å²) in [5, 5.41) is 30.4. The van der Waals surface area contributed by atoms with Crippen molar-refractivity contribution in [1.29, 1.82) is 0 Å². The first-order valence-electron chi connectivity index (χ1n) is 8.63. The smallest absolute Gasteiger partial charge is 0.267 e. The summed E-state index contributed by atoms with van der Waals surface area (Å²) in [6.07, 6.45) is -0.576. The molecule has 0 radical (unpaired) electrons. The third-order valence-electron chi connectivity index (χ3n) is 4.46. The molecule has 2 rings (SSSR count). The van der Waals surface area contributed by atoms with Crippen molar-refractivity contribution in [3.63, 3.8) is 0 Å². The highest BCUT2D eigenvalue weighted by atomic mass is 16.5. The Bertz CT molecular complexity index is 735. The number of aliphatic hydroxyl groups excluding tert-OH is 2. The van der Waals surface area contributed by atoms with E-state index in [4.69, 9.17) is 10.9 Å². The average molecular weight is 375 g/mol. The van der Waals surface area contributed by atoms with E-state index in [1.807, 2.05) is 0 Å². The Morgan fingerprint density at radius 1 is 1.19 bits per heavy atom. The SMILES string of the molecule is CC(C)(N)[C@H](NC(=O)c1ccc(C#CC2C[C@@H](O)[C@@H](O)C2)cc1)C(=O)NO. The lowest BCUT2D eigenvalue weighted by Gasteiger charge is -2.29. The second-order valence-corrected chi connectivity index (χ2v) is 7.35. The van der Waals surface area contributed by atoms with E-state index >= 15 is 0 Å². The van der Waals surface area contributed by atoms with Gasteiger partial charge in [-0.15, -0.1) is 0 Å². The molecule has 1 aliphatic rings. The van der Waals surface area contributed by atoms with Crippen LogP contribution in [0.15, 0.2) is 24.3 Å². The van der Waals surface area contributed by atoms with Crippen LogP contribution in [0.4, 0.5) is 0 Å². The zero-order valence-electron chi connectivity index (χ0n) is 15.3. The lowest BCUT2D eigenvalue weighted by molar-refractivity contribution is -0.132. The maximum absolute atomic E-state index is 12.4. The highest BCUT2D eigenvalue weighted by molar-refractivity contribution is 5.97. The summed E-state index contributed by atoms with van der Waals surface area (Å²) < 4.78 is 0. The van der Waals surface area contributed by atoms with Crippen LogP contribution in [0.2, 0.25) is 0 Å². The van der Waals surface area contributed by atoms with Crippen LogP contribution in [-0.4, -0.2) is 51.0 Å². The van der Waals surface area contributed by atoms with Crippen molar-refractivity contribution < 1.29 is 25.0 Å². The van der Waals surface area contributed by atoms with Crippen molar-refractivity contribution in [3.8, 4) is 11.8 Å². The highest BCUT2D eigenvalue weighted by Gasteiger charge is 2.33. The molecule has 1 unspecified atom stereocenters. The van der Waals surface area contributed by atoms with Crippen LogP contribution in [0.25, 0.3) is 0 Å². The quantitative estimate of drug-likeness (QED) is 0.238. The standard InChI is InChI=1S/C19H25N3O5/c1-19(2,20)16(18(26)22-27)21-17(25)13-7-5-11(6-8-13)3-4-12-9-14(23)15(24)10-12/h5-8,12,14-16,23-24,27H,9-10,20H2,1-2H3,(H,21,25)(H,22,26)/t12?,14-,15+,16-/m1/s1. The highest BCUT2D eigenvalue weighted by Crippen LogP contribution is 2.25. The minimum Gasteiger partial charge on any atom is -0.390 e. The number of nitrogens with one attached hydrogen (secondary N) is 2. The average Bonchev–Trinajstić information content (AvgIpc) is 2.94. The van der Waals surface area contributed by atoms with Crippen LogP contribution in [0.3, 0.4) is 0 Å². The van der Waals surface area contributed by atoms with E-state index in [-0.39, 0.29) is 5.92 Å². The van der Waals surface area contributed by atoms with Gasteiger partial charge in [-0.1, -0.05) is 11.8 Å². The number of aliphatic hydroxyl groups is 2. The van der Waals surface area contributed by atoms with Gasteiger partial charge in [0.05, 0.1) is 12.2 Å². The van der Waals surface area contributed by atoms with Gasteiger partial charge in [0.2, 0.25) is 0 Å². The zero-order valence-corrected chi connectivity index (χ0v) is 15.3. The molecule has 8 heteroatoms. The van der Waals surface area contributed by atoms with Crippen molar-refractivity contribution in [2.45, 2.75) is 50.5 Å². The Kier molecular flexibility index (Phi) is 6.57. The minimum absolute atomic E-state index is 0.0671. The van der Waals surface area contributed by atoms with E-state index < -0.39 is 35.6 Å². The molecule has 1 saturated carbocycles. The Labute approximate surface area is 157 Å². The largest absolute Gasteiger partial charge is 0.390 e. The summed E-state index contributed by atoms with van der Waals surface area (Å²) in [6.45, 7) is 3.12. The lowest BCUT2D eigenvalue weighted by atomic mass is 9.95. The van der Waals surface area contributed by atoms with Gasteiger partial charge in [0, 0.05) is 22.6 Å². The summed E-state index contributed by atoms with van der Waals surface area (Å²) in [5.41, 5.74) is 7.30. The molecular weight excluding hydrogens is 350 g/mol. The summed E-state index contributed by atoms with van der Waals surface area (Å²) in [6, 6.07) is 5.34. The van der Waals surface area contributed by atoms with Gasteiger partial charge in [0.1, 0.15) is 6.04 Å². The molecule has 0 saturated heterocycles. The maximum atomic E-state index is 12.4. The minimum atomic E-state index is -1.12. The molecule has 0 aliphatic heterocycles. The number of carbonyl (C=O) groups excluding carboxylic acids is 2. The molecule has 4 atom stereocenters. The van der Waals surface area contributed by atoms with Gasteiger partial charge >= 0.3 is 0 Å². The third-order valence-corrected chi connectivity index (χ3v) is 4.46. The number of carbonyl (C=O) groups is 2. The van der Waals surface area contributed by atoms with E-state index in [2.05, 4.69) is 17.2 Å². The van der Waals surface area contributed by atoms with Gasteiger partial charge in [-0.2, -0.15) is 0 Å². The van der Waals surface area contributed by atoms with E-state index in [0.29, 0.717) is 24.0 Å². The second-order valence-electron chi connectivity index (χ2n) is 7.35. The number of rotatable bonds is 4. The van der Waals surface area contributed by atoms with Crippen LogP contribution >= 0.6 is 0 Å². The van der Waals surface area contributed by atoms with Crippen molar-refractivity contribution in [2.24, 2.45) is 11.7 Å².